The van der Waals surface area contributed by atoms with Crippen molar-refractivity contribution >= 4 is 15.7 Å². The second-order valence-electron chi connectivity index (χ2n) is 7.05. The lowest BCUT2D eigenvalue weighted by Gasteiger charge is -2.28. The fourth-order valence-corrected chi connectivity index (χ4v) is 5.21. The molecule has 138 valence electrons. The lowest BCUT2D eigenvalue weighted by molar-refractivity contribution is -0.134. The molecule has 1 aliphatic carbocycles. The van der Waals surface area contributed by atoms with Gasteiger partial charge in [-0.1, -0.05) is 24.3 Å². The number of carbonyl (C=O) groups excluding carboxylic acids is 1. The van der Waals surface area contributed by atoms with Gasteiger partial charge in [-0.25, -0.2) is 8.42 Å². The summed E-state index contributed by atoms with van der Waals surface area (Å²) < 4.78 is 23.6. The third-order valence-corrected chi connectivity index (χ3v) is 6.70. The standard InChI is InChI=1S/C17H21N5O3S/c1-12-4-2-3-5-15(12)17-18-20-21(19-17)10-16(23)22(13-6-7-13)14-8-9-26(24,25)11-14/h2-5,13-14H,6-11H2,1H3/t14-/m1/s1. The van der Waals surface area contributed by atoms with Gasteiger partial charge >= 0.3 is 0 Å². The number of aryl methyl sites for hydroxylation is 1. The largest absolute Gasteiger partial charge is 0.334 e. The average Bonchev–Trinajstić information content (AvgIpc) is 3.20. The first-order chi connectivity index (χ1) is 12.4. The summed E-state index contributed by atoms with van der Waals surface area (Å²) in [6.45, 7) is 1.95. The number of rotatable bonds is 5. The van der Waals surface area contributed by atoms with Crippen molar-refractivity contribution in [1.82, 2.24) is 25.1 Å². The molecule has 8 nitrogen and oxygen atoms in total. The van der Waals surface area contributed by atoms with Crippen molar-refractivity contribution < 1.29 is 13.2 Å². The molecule has 0 bridgehead atoms. The number of hydrogen-bond donors (Lipinski definition) is 0. The molecule has 1 aromatic carbocycles. The van der Waals surface area contributed by atoms with Crippen LogP contribution in [0.4, 0.5) is 0 Å². The number of nitrogens with zero attached hydrogens (tertiary/aromatic N) is 5. The van der Waals surface area contributed by atoms with Gasteiger partial charge in [0.25, 0.3) is 0 Å². The molecule has 0 spiro atoms. The van der Waals surface area contributed by atoms with Crippen LogP contribution in [0.15, 0.2) is 24.3 Å². The molecule has 4 rings (SSSR count). The van der Waals surface area contributed by atoms with Crippen LogP contribution in [0.1, 0.15) is 24.8 Å². The summed E-state index contributed by atoms with van der Waals surface area (Å²) in [4.78, 5) is 15.9. The first-order valence-electron chi connectivity index (χ1n) is 8.78. The van der Waals surface area contributed by atoms with E-state index in [4.69, 9.17) is 0 Å². The molecule has 1 saturated carbocycles. The molecule has 2 aliphatic rings. The van der Waals surface area contributed by atoms with Gasteiger partial charge in [0.05, 0.1) is 11.5 Å². The number of aromatic nitrogens is 4. The third kappa shape index (κ3) is 3.48. The second kappa shape index (κ2) is 6.46. The zero-order chi connectivity index (χ0) is 18.3. The number of carbonyl (C=O) groups is 1. The molecule has 0 N–H and O–H groups in total. The van der Waals surface area contributed by atoms with Crippen LogP contribution < -0.4 is 0 Å². The van der Waals surface area contributed by atoms with E-state index in [1.807, 2.05) is 31.2 Å². The van der Waals surface area contributed by atoms with E-state index in [9.17, 15) is 13.2 Å². The SMILES string of the molecule is Cc1ccccc1-c1nnn(CC(=O)N(C2CC2)[C@@H]2CCS(=O)(=O)C2)n1. The molecule has 26 heavy (non-hydrogen) atoms. The minimum atomic E-state index is -3.03. The Balaban J connectivity index is 1.50. The normalized spacial score (nSPS) is 21.7. The van der Waals surface area contributed by atoms with Crippen molar-refractivity contribution in [1.29, 1.82) is 0 Å². The van der Waals surface area contributed by atoms with Gasteiger partial charge in [0, 0.05) is 17.6 Å². The van der Waals surface area contributed by atoms with Crippen LogP contribution in [0.3, 0.4) is 0 Å². The minimum Gasteiger partial charge on any atom is -0.334 e. The van der Waals surface area contributed by atoms with E-state index in [-0.39, 0.29) is 36.0 Å². The van der Waals surface area contributed by atoms with Crippen LogP contribution in [-0.2, 0) is 21.2 Å². The van der Waals surface area contributed by atoms with Crippen LogP contribution >= 0.6 is 0 Å². The van der Waals surface area contributed by atoms with Crippen molar-refractivity contribution in [3.05, 3.63) is 29.8 Å². The Hall–Kier alpha value is -2.29. The van der Waals surface area contributed by atoms with Crippen molar-refractivity contribution in [2.75, 3.05) is 11.5 Å². The topological polar surface area (TPSA) is 98.0 Å². The second-order valence-corrected chi connectivity index (χ2v) is 9.28. The Morgan fingerprint density at radius 2 is 2.00 bits per heavy atom. The monoisotopic (exact) mass is 375 g/mol. The van der Waals surface area contributed by atoms with E-state index in [1.165, 1.54) is 4.80 Å². The van der Waals surface area contributed by atoms with Gasteiger partial charge in [-0.2, -0.15) is 4.80 Å². The first kappa shape index (κ1) is 17.1. The Labute approximate surface area is 152 Å². The summed E-state index contributed by atoms with van der Waals surface area (Å²) in [5, 5.41) is 12.4. The van der Waals surface area contributed by atoms with Gasteiger partial charge in [-0.15, -0.1) is 10.2 Å². The molecule has 1 atom stereocenters. The third-order valence-electron chi connectivity index (χ3n) is 4.95. The highest BCUT2D eigenvalue weighted by molar-refractivity contribution is 7.91. The van der Waals surface area contributed by atoms with E-state index < -0.39 is 9.84 Å². The Kier molecular flexibility index (Phi) is 4.26. The number of benzene rings is 1. The summed E-state index contributed by atoms with van der Waals surface area (Å²) in [7, 11) is -3.03. The Bertz CT molecular complexity index is 935. The molecule has 0 radical (unpaired) electrons. The highest BCUT2D eigenvalue weighted by Crippen LogP contribution is 2.32. The predicted molar refractivity (Wildman–Crippen MR) is 94.9 cm³/mol. The van der Waals surface area contributed by atoms with Crippen LogP contribution in [-0.4, -0.2) is 63.0 Å². The van der Waals surface area contributed by atoms with Crippen LogP contribution in [0.2, 0.25) is 0 Å². The van der Waals surface area contributed by atoms with Gasteiger partial charge in [0.2, 0.25) is 11.7 Å². The molecule has 2 fully saturated rings. The maximum absolute atomic E-state index is 12.8. The molecule has 0 unspecified atom stereocenters. The van der Waals surface area contributed by atoms with Crippen molar-refractivity contribution in [2.24, 2.45) is 0 Å². The lowest BCUT2D eigenvalue weighted by Crippen LogP contribution is -2.44. The van der Waals surface area contributed by atoms with Gasteiger partial charge in [0.15, 0.2) is 9.84 Å². The number of hydrogen-bond acceptors (Lipinski definition) is 6. The predicted octanol–water partition coefficient (Wildman–Crippen LogP) is 0.827. The van der Waals surface area contributed by atoms with Crippen LogP contribution in [0.5, 0.6) is 0 Å². The quantitative estimate of drug-likeness (QED) is 0.768. The maximum atomic E-state index is 12.8. The first-order valence-corrected chi connectivity index (χ1v) is 10.6. The fourth-order valence-electron chi connectivity index (χ4n) is 3.50. The van der Waals surface area contributed by atoms with E-state index in [0.29, 0.717) is 12.2 Å². The summed E-state index contributed by atoms with van der Waals surface area (Å²) in [5.74, 6) is 0.572. The fraction of sp³-hybridized carbons (Fsp3) is 0.529. The molecule has 1 amide bonds. The highest BCUT2D eigenvalue weighted by atomic mass is 32.2. The molecular formula is C17H21N5O3S. The highest BCUT2D eigenvalue weighted by Gasteiger charge is 2.42. The summed E-state index contributed by atoms with van der Waals surface area (Å²) >= 11 is 0. The van der Waals surface area contributed by atoms with Crippen LogP contribution in [0.25, 0.3) is 11.4 Å². The molecule has 1 aliphatic heterocycles. The van der Waals surface area contributed by atoms with Gasteiger partial charge in [-0.3, -0.25) is 4.79 Å². The van der Waals surface area contributed by atoms with Gasteiger partial charge in [-0.05, 0) is 37.0 Å². The van der Waals surface area contributed by atoms with Crippen LogP contribution in [0, 0.1) is 6.92 Å². The van der Waals surface area contributed by atoms with E-state index in [1.54, 1.807) is 4.90 Å². The molecular weight excluding hydrogens is 354 g/mol. The summed E-state index contributed by atoms with van der Waals surface area (Å²) in [6.07, 6.45) is 2.38. The molecule has 2 heterocycles. The van der Waals surface area contributed by atoms with Crippen molar-refractivity contribution in [3.8, 4) is 11.4 Å². The zero-order valence-electron chi connectivity index (χ0n) is 14.6. The molecule has 9 heteroatoms. The molecule has 1 saturated heterocycles. The average molecular weight is 375 g/mol. The van der Waals surface area contributed by atoms with E-state index in [2.05, 4.69) is 15.4 Å². The van der Waals surface area contributed by atoms with Crippen molar-refractivity contribution in [3.63, 3.8) is 0 Å². The minimum absolute atomic E-state index is 0.0219. The number of sulfone groups is 1. The number of amides is 1. The van der Waals surface area contributed by atoms with Gasteiger partial charge < -0.3 is 4.90 Å². The smallest absolute Gasteiger partial charge is 0.246 e. The molecule has 2 aromatic rings. The zero-order valence-corrected chi connectivity index (χ0v) is 15.4. The number of tetrazole rings is 1. The van der Waals surface area contributed by atoms with Gasteiger partial charge in [0.1, 0.15) is 6.54 Å². The lowest BCUT2D eigenvalue weighted by atomic mass is 10.1. The maximum Gasteiger partial charge on any atom is 0.246 e. The Morgan fingerprint density at radius 3 is 2.65 bits per heavy atom. The van der Waals surface area contributed by atoms with E-state index >= 15 is 0 Å². The molecule has 1 aromatic heterocycles. The van der Waals surface area contributed by atoms with E-state index in [0.717, 1.165) is 24.0 Å². The Morgan fingerprint density at radius 1 is 1.23 bits per heavy atom. The summed E-state index contributed by atoms with van der Waals surface area (Å²) in [5.41, 5.74) is 1.92. The van der Waals surface area contributed by atoms with Crippen molar-refractivity contribution in [2.45, 2.75) is 44.8 Å². The summed E-state index contributed by atoms with van der Waals surface area (Å²) in [6, 6.07) is 7.66.